The van der Waals surface area contributed by atoms with E-state index in [9.17, 15) is 0 Å². The van der Waals surface area contributed by atoms with Crippen LogP contribution in [0.2, 0.25) is 0 Å². The molecule has 0 aromatic rings. The quantitative estimate of drug-likeness (QED) is 0.446. The van der Waals surface area contributed by atoms with Crippen molar-refractivity contribution < 1.29 is 26.7 Å². The van der Waals surface area contributed by atoms with Gasteiger partial charge in [0.25, 0.3) is 0 Å². The van der Waals surface area contributed by atoms with Crippen molar-refractivity contribution in [2.24, 2.45) is 0 Å². The topological polar surface area (TPSA) is 37.3 Å². The van der Waals surface area contributed by atoms with E-state index in [0.29, 0.717) is 6.47 Å². The Morgan fingerprint density at radius 2 is 1.60 bits per heavy atom. The number of aliphatic hydroxyl groups excluding tert-OH is 1. The molecule has 0 aliphatic heterocycles. The summed E-state index contributed by atoms with van der Waals surface area (Å²) in [5.74, 6) is 0. The van der Waals surface area contributed by atoms with E-state index >= 15 is 0 Å². The Kier molecular flexibility index (Phi) is 69.6. The summed E-state index contributed by atoms with van der Waals surface area (Å²) in [6.45, 7) is 0.500. The Balaban J connectivity index is -0.0000000200. The van der Waals surface area contributed by atoms with Gasteiger partial charge in [-0.05, 0) is 0 Å². The van der Waals surface area contributed by atoms with E-state index in [1.165, 1.54) is 0 Å². The van der Waals surface area contributed by atoms with E-state index < -0.39 is 0 Å². The van der Waals surface area contributed by atoms with Gasteiger partial charge in [0.2, 0.25) is 0 Å². The SMILES string of the molecule is O=[C-]O.[Co].[PbH2]. The van der Waals surface area contributed by atoms with Crippen molar-refractivity contribution in [2.75, 3.05) is 0 Å². The maximum absolute atomic E-state index is 8.24. The van der Waals surface area contributed by atoms with Crippen LogP contribution in [0.3, 0.4) is 0 Å². The van der Waals surface area contributed by atoms with Gasteiger partial charge >= 0.3 is 27.3 Å². The van der Waals surface area contributed by atoms with Gasteiger partial charge in [-0.2, -0.15) is 0 Å². The molecule has 0 rings (SSSR count). The molecular formula is CH3CoO2Pb-. The van der Waals surface area contributed by atoms with Crippen LogP contribution in [0.1, 0.15) is 0 Å². The summed E-state index contributed by atoms with van der Waals surface area (Å²) >= 11 is 0. The Labute approximate surface area is 60.3 Å². The van der Waals surface area contributed by atoms with Crippen LogP contribution in [0.15, 0.2) is 0 Å². The molecule has 33 valence electrons. The molecule has 0 fully saturated rings. The predicted molar refractivity (Wildman–Crippen MR) is 16.9 cm³/mol. The second kappa shape index (κ2) is 20.7. The zero-order valence-corrected chi connectivity index (χ0v) is 8.93. The minimum absolute atomic E-state index is 0. The van der Waals surface area contributed by atoms with Gasteiger partial charge in [-0.25, -0.2) is 0 Å². The first kappa shape index (κ1) is 16.8. The van der Waals surface area contributed by atoms with Gasteiger partial charge < -0.3 is 9.90 Å². The van der Waals surface area contributed by atoms with E-state index in [-0.39, 0.29) is 44.1 Å². The molecule has 2 nitrogen and oxygen atoms in total. The summed E-state index contributed by atoms with van der Waals surface area (Å²) in [4.78, 5) is 8.24. The maximum atomic E-state index is 8.24. The van der Waals surface area contributed by atoms with Crippen molar-refractivity contribution in [1.82, 2.24) is 0 Å². The molecule has 0 bridgehead atoms. The average Bonchev–Trinajstić information content (AvgIpc) is 0.918. The van der Waals surface area contributed by atoms with Crippen LogP contribution in [-0.4, -0.2) is 38.9 Å². The Bertz CT molecular complexity index is 17.1. The molecule has 4 heteroatoms. The molecule has 0 unspecified atom stereocenters. The third-order valence-corrected chi connectivity index (χ3v) is 0. The molecule has 0 aromatic heterocycles. The molecule has 0 amide bonds. The summed E-state index contributed by atoms with van der Waals surface area (Å²) in [6, 6.07) is 0. The van der Waals surface area contributed by atoms with Crippen molar-refractivity contribution >= 4 is 33.8 Å². The van der Waals surface area contributed by atoms with Gasteiger partial charge in [-0.3, -0.25) is 0 Å². The first-order chi connectivity index (χ1) is 1.41. The normalized spacial score (nSPS) is 2.40. The standard InChI is InChI=1S/CHO2.Co.Pb.2H/c2-1-3;;;;/h(H,2,3);;;;/q-1;;;;. The van der Waals surface area contributed by atoms with Gasteiger partial charge in [0.1, 0.15) is 0 Å². The fourth-order valence-corrected chi connectivity index (χ4v) is 0. The first-order valence-corrected chi connectivity index (χ1v) is 0.428. The fraction of sp³-hybridized carbons (Fsp3) is 0. The molecule has 0 aliphatic rings. The number of hydrogen-bond donors (Lipinski definition) is 1. The molecule has 1 N–H and O–H groups in total. The third-order valence-electron chi connectivity index (χ3n) is 0. The molecule has 0 aliphatic carbocycles. The van der Waals surface area contributed by atoms with Crippen molar-refractivity contribution in [3.05, 3.63) is 0 Å². The van der Waals surface area contributed by atoms with Crippen LogP contribution in [0.4, 0.5) is 0 Å². The predicted octanol–water partition coefficient (Wildman–Crippen LogP) is -1.31. The molecule has 0 heterocycles. The third kappa shape index (κ3) is 51.0. The van der Waals surface area contributed by atoms with Crippen LogP contribution in [0, 0.1) is 0 Å². The zero-order valence-electron chi connectivity index (χ0n) is 2.40. The molecular weight excluding hydrogens is 310 g/mol. The summed E-state index contributed by atoms with van der Waals surface area (Å²) < 4.78 is 0. The van der Waals surface area contributed by atoms with Crippen molar-refractivity contribution in [3.8, 4) is 0 Å². The minimum atomic E-state index is 0. The Hall–Kier alpha value is 0.899. The van der Waals surface area contributed by atoms with E-state index in [4.69, 9.17) is 9.90 Å². The van der Waals surface area contributed by atoms with E-state index in [1.54, 1.807) is 0 Å². The van der Waals surface area contributed by atoms with E-state index in [1.807, 2.05) is 0 Å². The summed E-state index contributed by atoms with van der Waals surface area (Å²) in [7, 11) is 0. The molecule has 0 saturated carbocycles. The van der Waals surface area contributed by atoms with Crippen LogP contribution in [-0.2, 0) is 21.6 Å². The van der Waals surface area contributed by atoms with E-state index in [2.05, 4.69) is 0 Å². The van der Waals surface area contributed by atoms with Crippen molar-refractivity contribution in [3.63, 3.8) is 0 Å². The molecule has 0 spiro atoms. The zero-order chi connectivity index (χ0) is 2.71. The van der Waals surface area contributed by atoms with Gasteiger partial charge in [0.05, 0.1) is 0 Å². The first-order valence-electron chi connectivity index (χ1n) is 0.428. The van der Waals surface area contributed by atoms with Gasteiger partial charge in [0.15, 0.2) is 0 Å². The fourth-order valence-electron chi connectivity index (χ4n) is 0. The van der Waals surface area contributed by atoms with E-state index in [0.717, 1.165) is 0 Å². The van der Waals surface area contributed by atoms with Crippen molar-refractivity contribution in [2.45, 2.75) is 0 Å². The number of hydrogen-bond acceptors (Lipinski definition) is 1. The van der Waals surface area contributed by atoms with Gasteiger partial charge in [0, 0.05) is 16.8 Å². The Morgan fingerprint density at radius 3 is 1.60 bits per heavy atom. The van der Waals surface area contributed by atoms with Crippen LogP contribution >= 0.6 is 0 Å². The summed E-state index contributed by atoms with van der Waals surface area (Å²) in [5.41, 5.74) is 0. The second-order valence-corrected chi connectivity index (χ2v) is 0.0913. The monoisotopic (exact) mass is 314 g/mol. The molecule has 0 aromatic carbocycles. The molecule has 0 saturated heterocycles. The summed E-state index contributed by atoms with van der Waals surface area (Å²) in [5, 5.41) is 6.76. The van der Waals surface area contributed by atoms with Gasteiger partial charge in [-0.1, -0.05) is 6.47 Å². The summed E-state index contributed by atoms with van der Waals surface area (Å²) in [6.07, 6.45) is 0. The van der Waals surface area contributed by atoms with Crippen molar-refractivity contribution in [1.29, 1.82) is 0 Å². The van der Waals surface area contributed by atoms with Crippen LogP contribution in [0.25, 0.3) is 0 Å². The van der Waals surface area contributed by atoms with Crippen LogP contribution in [0.5, 0.6) is 0 Å². The van der Waals surface area contributed by atoms with Gasteiger partial charge in [-0.15, -0.1) is 0 Å². The van der Waals surface area contributed by atoms with Crippen LogP contribution < -0.4 is 0 Å². The molecule has 5 heavy (non-hydrogen) atoms. The number of rotatable bonds is 0. The molecule has 3 radical (unpaired) electrons. The average molecular weight is 313 g/mol. The Morgan fingerprint density at radius 1 is 1.60 bits per heavy atom. The molecule has 0 atom stereocenters. The second-order valence-electron chi connectivity index (χ2n) is 0.0913.